The number of furan rings is 1. The van der Waals surface area contributed by atoms with E-state index < -0.39 is 11.4 Å². The fourth-order valence-electron chi connectivity index (χ4n) is 3.52. The number of amides is 2. The highest BCUT2D eigenvalue weighted by Crippen LogP contribution is 2.36. The minimum absolute atomic E-state index is 0.251. The molecule has 0 atom stereocenters. The van der Waals surface area contributed by atoms with Gasteiger partial charge in [-0.2, -0.15) is 5.10 Å². The zero-order valence-electron chi connectivity index (χ0n) is 16.9. The summed E-state index contributed by atoms with van der Waals surface area (Å²) in [6, 6.07) is 5.10. The zero-order valence-corrected chi connectivity index (χ0v) is 16.9. The minimum Gasteiger partial charge on any atom is -0.460 e. The Morgan fingerprint density at radius 3 is 2.52 bits per heavy atom. The largest absolute Gasteiger partial charge is 0.460 e. The van der Waals surface area contributed by atoms with Crippen molar-refractivity contribution in [3.63, 3.8) is 0 Å². The maximum atomic E-state index is 12.7. The van der Waals surface area contributed by atoms with E-state index in [9.17, 15) is 9.59 Å². The van der Waals surface area contributed by atoms with Crippen LogP contribution in [0.1, 0.15) is 53.1 Å². The van der Waals surface area contributed by atoms with Crippen molar-refractivity contribution >= 4 is 39.8 Å². The lowest BCUT2D eigenvalue weighted by molar-refractivity contribution is 0.0997. The second kappa shape index (κ2) is 6.20. The number of primary amides is 1. The summed E-state index contributed by atoms with van der Waals surface area (Å²) in [5.41, 5.74) is 8.13. The topological polar surface area (TPSA) is 132 Å². The molecule has 0 saturated carbocycles. The summed E-state index contributed by atoms with van der Waals surface area (Å²) in [4.78, 5) is 29.3. The SMILES string of the molecule is Cc1cc(C(=O)Nc2nc3cc(C(N)=O)c4oc(C)cc4c3n2C(C)(C)C)[nH]n1. The molecule has 0 aliphatic carbocycles. The normalized spacial score (nSPS) is 12.0. The first-order chi connectivity index (χ1) is 13.6. The molecular formula is C20H22N6O3. The number of nitrogens with two attached hydrogens (primary N) is 1. The maximum Gasteiger partial charge on any atom is 0.275 e. The molecule has 0 radical (unpaired) electrons. The predicted octanol–water partition coefficient (Wildman–Crippen LogP) is 3.23. The minimum atomic E-state index is -0.602. The summed E-state index contributed by atoms with van der Waals surface area (Å²) in [7, 11) is 0. The van der Waals surface area contributed by atoms with E-state index in [-0.39, 0.29) is 11.5 Å². The first-order valence-corrected chi connectivity index (χ1v) is 9.15. The summed E-state index contributed by atoms with van der Waals surface area (Å²) < 4.78 is 7.68. The molecule has 0 spiro atoms. The van der Waals surface area contributed by atoms with Crippen molar-refractivity contribution in [1.82, 2.24) is 19.7 Å². The molecule has 0 unspecified atom stereocenters. The van der Waals surface area contributed by atoms with E-state index in [1.54, 1.807) is 26.0 Å². The fraction of sp³-hybridized carbons (Fsp3) is 0.300. The molecule has 4 N–H and O–H groups in total. The second-order valence-electron chi connectivity index (χ2n) is 8.07. The molecule has 0 aliphatic heterocycles. The number of fused-ring (bicyclic) bond motifs is 3. The van der Waals surface area contributed by atoms with Crippen LogP contribution < -0.4 is 11.1 Å². The highest BCUT2D eigenvalue weighted by molar-refractivity contribution is 6.14. The number of H-pyrrole nitrogens is 1. The standard InChI is InChI=1S/C20H22N6O3/c1-9-6-14(25-24-9)18(28)23-19-22-13-8-12(17(21)27)16-11(7-10(2)29-16)15(13)26(19)20(3,4)5/h6-8H,1-5H3,(H2,21,27)(H,24,25)(H,22,23,28). The molecule has 4 aromatic rings. The van der Waals surface area contributed by atoms with E-state index in [1.165, 1.54) is 0 Å². The lowest BCUT2D eigenvalue weighted by Gasteiger charge is -2.24. The molecule has 0 bridgehead atoms. The van der Waals surface area contributed by atoms with Gasteiger partial charge in [0, 0.05) is 10.9 Å². The van der Waals surface area contributed by atoms with E-state index in [0.29, 0.717) is 39.6 Å². The van der Waals surface area contributed by atoms with E-state index in [4.69, 9.17) is 10.2 Å². The van der Waals surface area contributed by atoms with Crippen molar-refractivity contribution in [2.45, 2.75) is 40.2 Å². The van der Waals surface area contributed by atoms with Crippen LogP contribution in [0.5, 0.6) is 0 Å². The molecule has 3 aromatic heterocycles. The molecule has 29 heavy (non-hydrogen) atoms. The van der Waals surface area contributed by atoms with Gasteiger partial charge in [-0.3, -0.25) is 20.0 Å². The third-order valence-electron chi connectivity index (χ3n) is 4.65. The number of aromatic nitrogens is 4. The first-order valence-electron chi connectivity index (χ1n) is 9.15. The number of carbonyl (C=O) groups excluding carboxylic acids is 2. The summed E-state index contributed by atoms with van der Waals surface area (Å²) >= 11 is 0. The van der Waals surface area contributed by atoms with Gasteiger partial charge < -0.3 is 14.7 Å². The number of anilines is 1. The van der Waals surface area contributed by atoms with Crippen LogP contribution in [0.3, 0.4) is 0 Å². The van der Waals surface area contributed by atoms with Crippen LogP contribution >= 0.6 is 0 Å². The summed E-state index contributed by atoms with van der Waals surface area (Å²) in [5, 5.41) is 10.3. The van der Waals surface area contributed by atoms with Gasteiger partial charge in [0.1, 0.15) is 17.0 Å². The van der Waals surface area contributed by atoms with E-state index in [0.717, 1.165) is 5.52 Å². The second-order valence-corrected chi connectivity index (χ2v) is 8.07. The van der Waals surface area contributed by atoms with Gasteiger partial charge in [0.25, 0.3) is 11.8 Å². The average molecular weight is 394 g/mol. The number of nitrogens with one attached hydrogen (secondary N) is 2. The smallest absolute Gasteiger partial charge is 0.275 e. The molecule has 4 rings (SSSR count). The number of hydrogen-bond acceptors (Lipinski definition) is 5. The number of hydrogen-bond donors (Lipinski definition) is 3. The monoisotopic (exact) mass is 394 g/mol. The predicted molar refractivity (Wildman–Crippen MR) is 109 cm³/mol. The molecule has 0 aliphatic rings. The molecule has 3 heterocycles. The van der Waals surface area contributed by atoms with Gasteiger partial charge in [-0.05, 0) is 52.8 Å². The van der Waals surface area contributed by atoms with Gasteiger partial charge >= 0.3 is 0 Å². The Morgan fingerprint density at radius 2 is 1.93 bits per heavy atom. The zero-order chi connectivity index (χ0) is 21.1. The van der Waals surface area contributed by atoms with Gasteiger partial charge in [0.05, 0.1) is 22.3 Å². The molecule has 9 nitrogen and oxygen atoms in total. The van der Waals surface area contributed by atoms with Crippen molar-refractivity contribution in [3.8, 4) is 0 Å². The third-order valence-corrected chi connectivity index (χ3v) is 4.65. The number of aromatic amines is 1. The fourth-order valence-corrected chi connectivity index (χ4v) is 3.52. The number of imidazole rings is 1. The van der Waals surface area contributed by atoms with E-state index in [2.05, 4.69) is 20.5 Å². The highest BCUT2D eigenvalue weighted by atomic mass is 16.3. The lowest BCUT2D eigenvalue weighted by atomic mass is 10.1. The van der Waals surface area contributed by atoms with Crippen LogP contribution in [0.2, 0.25) is 0 Å². The average Bonchev–Trinajstić information content (AvgIpc) is 3.28. The molecule has 9 heteroatoms. The van der Waals surface area contributed by atoms with Crippen LogP contribution in [-0.4, -0.2) is 31.6 Å². The molecule has 150 valence electrons. The molecule has 1 aromatic carbocycles. The Balaban J connectivity index is 1.99. The van der Waals surface area contributed by atoms with Crippen LogP contribution in [0.15, 0.2) is 22.6 Å². The van der Waals surface area contributed by atoms with Gasteiger partial charge in [-0.1, -0.05) is 0 Å². The molecule has 0 fully saturated rings. The van der Waals surface area contributed by atoms with Crippen LogP contribution in [-0.2, 0) is 5.54 Å². The van der Waals surface area contributed by atoms with Crippen LogP contribution in [0.4, 0.5) is 5.95 Å². The quantitative estimate of drug-likeness (QED) is 0.491. The van der Waals surface area contributed by atoms with Crippen LogP contribution in [0, 0.1) is 13.8 Å². The lowest BCUT2D eigenvalue weighted by Crippen LogP contribution is -2.26. The number of aryl methyl sites for hydroxylation is 2. The number of nitrogens with zero attached hydrogens (tertiary/aromatic N) is 3. The molecular weight excluding hydrogens is 372 g/mol. The first kappa shape index (κ1) is 18.7. The molecule has 0 saturated heterocycles. The Bertz CT molecular complexity index is 1290. The number of carbonyl (C=O) groups is 2. The summed E-state index contributed by atoms with van der Waals surface area (Å²) in [6.45, 7) is 9.61. The van der Waals surface area contributed by atoms with Crippen molar-refractivity contribution in [3.05, 3.63) is 40.9 Å². The summed E-state index contributed by atoms with van der Waals surface area (Å²) in [5.74, 6) is 0.0398. The number of benzene rings is 1. The molecule has 2 amide bonds. The third kappa shape index (κ3) is 3.04. The van der Waals surface area contributed by atoms with Crippen LogP contribution in [0.25, 0.3) is 22.0 Å². The van der Waals surface area contributed by atoms with Gasteiger partial charge in [0.15, 0.2) is 0 Å². The highest BCUT2D eigenvalue weighted by Gasteiger charge is 2.27. The van der Waals surface area contributed by atoms with E-state index in [1.807, 2.05) is 31.4 Å². The van der Waals surface area contributed by atoms with E-state index >= 15 is 0 Å². The Labute approximate surface area is 166 Å². The maximum absolute atomic E-state index is 12.7. The van der Waals surface area contributed by atoms with Gasteiger partial charge in [0.2, 0.25) is 5.95 Å². The Hall–Kier alpha value is -3.62. The van der Waals surface area contributed by atoms with Gasteiger partial charge in [-0.25, -0.2) is 4.98 Å². The summed E-state index contributed by atoms with van der Waals surface area (Å²) in [6.07, 6.45) is 0. The van der Waals surface area contributed by atoms with Crippen molar-refractivity contribution in [2.24, 2.45) is 5.73 Å². The van der Waals surface area contributed by atoms with Crippen molar-refractivity contribution in [1.29, 1.82) is 0 Å². The Kier molecular flexibility index (Phi) is 4.00. The van der Waals surface area contributed by atoms with Gasteiger partial charge in [-0.15, -0.1) is 0 Å². The number of rotatable bonds is 3. The van der Waals surface area contributed by atoms with Crippen molar-refractivity contribution < 1.29 is 14.0 Å². The van der Waals surface area contributed by atoms with Crippen molar-refractivity contribution in [2.75, 3.05) is 5.32 Å². The Morgan fingerprint density at radius 1 is 1.21 bits per heavy atom.